The molecule has 4 nitrogen and oxygen atoms in total. The summed E-state index contributed by atoms with van der Waals surface area (Å²) in [6, 6.07) is 22.7. The van der Waals surface area contributed by atoms with Crippen LogP contribution in [-0.2, 0) is 0 Å². The highest BCUT2D eigenvalue weighted by Crippen LogP contribution is 2.34. The number of aromatic nitrogens is 2. The minimum atomic E-state index is -0.264. The van der Waals surface area contributed by atoms with Gasteiger partial charge in [0.15, 0.2) is 0 Å². The zero-order chi connectivity index (χ0) is 22.1. The predicted molar refractivity (Wildman–Crippen MR) is 128 cm³/mol. The molecule has 32 heavy (non-hydrogen) atoms. The van der Waals surface area contributed by atoms with E-state index in [0.717, 1.165) is 45.7 Å². The molecule has 0 unspecified atom stereocenters. The van der Waals surface area contributed by atoms with E-state index >= 15 is 0 Å². The zero-order valence-electron chi connectivity index (χ0n) is 17.9. The highest BCUT2D eigenvalue weighted by molar-refractivity contribution is 7.98. The lowest BCUT2D eigenvalue weighted by molar-refractivity contribution is 0.0696. The molecule has 1 aliphatic heterocycles. The van der Waals surface area contributed by atoms with Gasteiger partial charge in [0.2, 0.25) is 0 Å². The van der Waals surface area contributed by atoms with Gasteiger partial charge < -0.3 is 9.47 Å². The second-order valence-corrected chi connectivity index (χ2v) is 8.94. The topological polar surface area (TPSA) is 38.1 Å². The van der Waals surface area contributed by atoms with Gasteiger partial charge in [-0.2, -0.15) is 0 Å². The molecule has 0 radical (unpaired) electrons. The summed E-state index contributed by atoms with van der Waals surface area (Å²) in [5.41, 5.74) is 3.33. The summed E-state index contributed by atoms with van der Waals surface area (Å²) >= 11 is 1.66. The first-order valence-corrected chi connectivity index (χ1v) is 12.0. The highest BCUT2D eigenvalue weighted by Gasteiger charge is 2.28. The smallest absolute Gasteiger partial charge is 0.253 e. The monoisotopic (exact) mass is 445 g/mol. The lowest BCUT2D eigenvalue weighted by Crippen LogP contribution is -2.39. The van der Waals surface area contributed by atoms with E-state index in [4.69, 9.17) is 4.98 Å². The molecule has 0 aliphatic carbocycles. The number of imidazole rings is 1. The van der Waals surface area contributed by atoms with Crippen LogP contribution in [0.5, 0.6) is 0 Å². The van der Waals surface area contributed by atoms with Gasteiger partial charge in [-0.05, 0) is 61.6 Å². The van der Waals surface area contributed by atoms with Crippen LogP contribution in [0, 0.1) is 5.82 Å². The van der Waals surface area contributed by atoms with Crippen molar-refractivity contribution in [3.05, 3.63) is 84.2 Å². The fourth-order valence-electron chi connectivity index (χ4n) is 4.47. The number of carbonyl (C=O) groups excluding carboxylic acids is 1. The molecule has 1 amide bonds. The Bertz CT molecular complexity index is 1250. The molecule has 1 aromatic heterocycles. The summed E-state index contributed by atoms with van der Waals surface area (Å²) < 4.78 is 16.3. The number of likely N-dealkylation sites (tertiary alicyclic amines) is 1. The number of benzene rings is 3. The second kappa shape index (κ2) is 8.79. The first kappa shape index (κ1) is 20.8. The number of carbonyl (C=O) groups is 1. The number of rotatable bonds is 4. The molecule has 2 heterocycles. The lowest BCUT2D eigenvalue weighted by atomic mass is 10.0. The van der Waals surface area contributed by atoms with Crippen LogP contribution in [0.1, 0.15) is 29.2 Å². The van der Waals surface area contributed by atoms with Gasteiger partial charge in [-0.15, -0.1) is 11.8 Å². The Balaban J connectivity index is 1.42. The Morgan fingerprint density at radius 1 is 1.00 bits per heavy atom. The van der Waals surface area contributed by atoms with E-state index < -0.39 is 0 Å². The number of fused-ring (bicyclic) bond motifs is 1. The van der Waals surface area contributed by atoms with E-state index in [1.807, 2.05) is 65.8 Å². The van der Waals surface area contributed by atoms with Crippen LogP contribution in [-0.4, -0.2) is 39.7 Å². The van der Waals surface area contributed by atoms with Crippen molar-refractivity contribution in [2.45, 2.75) is 23.8 Å². The molecule has 3 aromatic carbocycles. The molecule has 1 saturated heterocycles. The summed E-state index contributed by atoms with van der Waals surface area (Å²) in [7, 11) is 0. The molecule has 0 N–H and O–H groups in total. The van der Waals surface area contributed by atoms with Crippen LogP contribution in [0.15, 0.2) is 77.7 Å². The standard InChI is InChI=1S/C26H24FN3OS/c1-32-22-10-7-19(8-11-22)26(31)29-15-13-21(14-16-29)30-24-17-20(27)9-12-23(24)28-25(30)18-5-3-2-4-6-18/h2-12,17,21H,13-16H2,1H3. The predicted octanol–water partition coefficient (Wildman–Crippen LogP) is 6.04. The fraction of sp³-hybridized carbons (Fsp3) is 0.231. The fourth-order valence-corrected chi connectivity index (χ4v) is 4.88. The van der Waals surface area contributed by atoms with Crippen molar-refractivity contribution in [3.63, 3.8) is 0 Å². The summed E-state index contributed by atoms with van der Waals surface area (Å²) in [6.07, 6.45) is 3.63. The number of amides is 1. The van der Waals surface area contributed by atoms with Gasteiger partial charge in [0, 0.05) is 35.2 Å². The summed E-state index contributed by atoms with van der Waals surface area (Å²) in [5, 5.41) is 0. The maximum Gasteiger partial charge on any atom is 0.253 e. The molecule has 0 atom stereocenters. The van der Waals surface area contributed by atoms with Gasteiger partial charge in [-0.25, -0.2) is 9.37 Å². The number of nitrogens with zero attached hydrogens (tertiary/aromatic N) is 3. The van der Waals surface area contributed by atoms with Crippen LogP contribution in [0.2, 0.25) is 0 Å². The summed E-state index contributed by atoms with van der Waals surface area (Å²) in [4.78, 5) is 20.9. The molecule has 162 valence electrons. The number of piperidine rings is 1. The maximum absolute atomic E-state index is 14.1. The van der Waals surface area contributed by atoms with E-state index in [9.17, 15) is 9.18 Å². The normalized spacial score (nSPS) is 14.8. The van der Waals surface area contributed by atoms with E-state index in [2.05, 4.69) is 4.57 Å². The first-order valence-electron chi connectivity index (χ1n) is 10.8. The third-order valence-corrected chi connectivity index (χ3v) is 6.88. The average molecular weight is 446 g/mol. The molecule has 0 bridgehead atoms. The van der Waals surface area contributed by atoms with Crippen molar-refractivity contribution in [2.75, 3.05) is 19.3 Å². The van der Waals surface area contributed by atoms with E-state index in [-0.39, 0.29) is 17.8 Å². The molecule has 1 fully saturated rings. The van der Waals surface area contributed by atoms with Gasteiger partial charge in [0.25, 0.3) is 5.91 Å². The van der Waals surface area contributed by atoms with Crippen molar-refractivity contribution in [3.8, 4) is 11.4 Å². The summed E-state index contributed by atoms with van der Waals surface area (Å²) in [5.74, 6) is 0.657. The maximum atomic E-state index is 14.1. The number of thioether (sulfide) groups is 1. The van der Waals surface area contributed by atoms with Crippen molar-refractivity contribution < 1.29 is 9.18 Å². The van der Waals surface area contributed by atoms with E-state index in [1.165, 1.54) is 6.07 Å². The van der Waals surface area contributed by atoms with Crippen LogP contribution in [0.4, 0.5) is 4.39 Å². The van der Waals surface area contributed by atoms with Crippen LogP contribution in [0.25, 0.3) is 22.4 Å². The minimum Gasteiger partial charge on any atom is -0.338 e. The van der Waals surface area contributed by atoms with Gasteiger partial charge in [0.05, 0.1) is 11.0 Å². The quantitative estimate of drug-likeness (QED) is 0.359. The average Bonchev–Trinajstić information content (AvgIpc) is 3.23. The van der Waals surface area contributed by atoms with Crippen molar-refractivity contribution in [1.82, 2.24) is 14.5 Å². The van der Waals surface area contributed by atoms with Crippen LogP contribution >= 0.6 is 11.8 Å². The Kier molecular flexibility index (Phi) is 5.70. The molecule has 0 spiro atoms. The zero-order valence-corrected chi connectivity index (χ0v) is 18.7. The first-order chi connectivity index (χ1) is 15.6. The molecule has 5 rings (SSSR count). The lowest BCUT2D eigenvalue weighted by Gasteiger charge is -2.33. The third kappa shape index (κ3) is 3.91. The number of hydrogen-bond donors (Lipinski definition) is 0. The van der Waals surface area contributed by atoms with Crippen LogP contribution in [0.3, 0.4) is 0 Å². The van der Waals surface area contributed by atoms with Gasteiger partial charge in [0.1, 0.15) is 11.6 Å². The molecule has 1 aliphatic rings. The Hall–Kier alpha value is -3.12. The Labute approximate surface area is 191 Å². The Morgan fingerprint density at radius 2 is 1.72 bits per heavy atom. The summed E-state index contributed by atoms with van der Waals surface area (Å²) in [6.45, 7) is 1.33. The second-order valence-electron chi connectivity index (χ2n) is 8.06. The third-order valence-electron chi connectivity index (χ3n) is 6.14. The number of hydrogen-bond acceptors (Lipinski definition) is 3. The number of halogens is 1. The molecule has 6 heteroatoms. The van der Waals surface area contributed by atoms with Crippen molar-refractivity contribution in [2.24, 2.45) is 0 Å². The van der Waals surface area contributed by atoms with E-state index in [0.29, 0.717) is 13.1 Å². The molecular formula is C26H24FN3OS. The van der Waals surface area contributed by atoms with Crippen LogP contribution < -0.4 is 0 Å². The molecule has 4 aromatic rings. The van der Waals surface area contributed by atoms with Crippen molar-refractivity contribution in [1.29, 1.82) is 0 Å². The highest BCUT2D eigenvalue weighted by atomic mass is 32.2. The molecular weight excluding hydrogens is 421 g/mol. The Morgan fingerprint density at radius 3 is 2.41 bits per heavy atom. The molecule has 0 saturated carbocycles. The van der Waals surface area contributed by atoms with E-state index in [1.54, 1.807) is 23.9 Å². The SMILES string of the molecule is CSc1ccc(C(=O)N2CCC(n3c(-c4ccccc4)nc4ccc(F)cc43)CC2)cc1. The van der Waals surface area contributed by atoms with Crippen molar-refractivity contribution >= 4 is 28.7 Å². The van der Waals surface area contributed by atoms with Gasteiger partial charge >= 0.3 is 0 Å². The minimum absolute atomic E-state index is 0.0703. The van der Waals surface area contributed by atoms with Gasteiger partial charge in [-0.3, -0.25) is 4.79 Å². The largest absolute Gasteiger partial charge is 0.338 e. The van der Waals surface area contributed by atoms with Gasteiger partial charge in [-0.1, -0.05) is 30.3 Å².